The maximum atomic E-state index is 13.4. The first-order valence-corrected chi connectivity index (χ1v) is 12.6. The number of hydrogen-bond donors (Lipinski definition) is 1. The normalized spacial score (nSPS) is 11.8. The van der Waals surface area contributed by atoms with E-state index in [1.807, 2.05) is 48.5 Å². The SMILES string of the molecule is Cl.NCCc1cn(S(=O)(=O)c2ccccc2)c2ccc(-c3cccc4c3oc3ccccc34)cc12. The molecule has 0 aliphatic rings. The molecule has 2 N–H and O–H groups in total. The van der Waals surface area contributed by atoms with Gasteiger partial charge in [0, 0.05) is 27.9 Å². The van der Waals surface area contributed by atoms with Crippen molar-refractivity contribution in [3.05, 3.63) is 103 Å². The third-order valence-corrected chi connectivity index (χ3v) is 7.97. The highest BCUT2D eigenvalue weighted by molar-refractivity contribution is 7.90. The van der Waals surface area contributed by atoms with Gasteiger partial charge in [0.1, 0.15) is 11.2 Å². The van der Waals surface area contributed by atoms with Crippen LogP contribution >= 0.6 is 12.4 Å². The van der Waals surface area contributed by atoms with E-state index in [9.17, 15) is 8.42 Å². The van der Waals surface area contributed by atoms with Crippen LogP contribution in [0, 0.1) is 0 Å². The largest absolute Gasteiger partial charge is 0.455 e. The van der Waals surface area contributed by atoms with Crippen LogP contribution in [0.4, 0.5) is 0 Å². The lowest BCUT2D eigenvalue weighted by Crippen LogP contribution is -2.11. The van der Waals surface area contributed by atoms with Crippen LogP contribution < -0.4 is 5.73 Å². The van der Waals surface area contributed by atoms with Crippen molar-refractivity contribution in [3.8, 4) is 11.1 Å². The molecule has 0 radical (unpaired) electrons. The van der Waals surface area contributed by atoms with Crippen molar-refractivity contribution < 1.29 is 12.8 Å². The summed E-state index contributed by atoms with van der Waals surface area (Å²) in [4.78, 5) is 0.252. The summed E-state index contributed by atoms with van der Waals surface area (Å²) < 4.78 is 34.4. The van der Waals surface area contributed by atoms with Gasteiger partial charge in [-0.05, 0) is 54.4 Å². The van der Waals surface area contributed by atoms with Crippen molar-refractivity contribution in [3.63, 3.8) is 0 Å². The van der Waals surface area contributed by atoms with E-state index in [4.69, 9.17) is 10.2 Å². The molecule has 0 spiro atoms. The number of rotatable bonds is 5. The van der Waals surface area contributed by atoms with Crippen LogP contribution in [0.1, 0.15) is 5.56 Å². The van der Waals surface area contributed by atoms with Crippen molar-refractivity contribution in [1.82, 2.24) is 3.97 Å². The Balaban J connectivity index is 0.00000253. The molecule has 0 atom stereocenters. The van der Waals surface area contributed by atoms with E-state index in [1.54, 1.807) is 36.5 Å². The first-order valence-electron chi connectivity index (χ1n) is 11.1. The number of halogens is 1. The van der Waals surface area contributed by atoms with Crippen LogP contribution in [-0.2, 0) is 16.4 Å². The molecule has 6 aromatic rings. The van der Waals surface area contributed by atoms with Crippen molar-refractivity contribution in [2.75, 3.05) is 6.54 Å². The van der Waals surface area contributed by atoms with Gasteiger partial charge in [0.25, 0.3) is 10.0 Å². The van der Waals surface area contributed by atoms with E-state index >= 15 is 0 Å². The molecule has 6 rings (SSSR count). The number of benzene rings is 4. The van der Waals surface area contributed by atoms with Gasteiger partial charge in [0.15, 0.2) is 0 Å². The molecule has 4 aromatic carbocycles. The lowest BCUT2D eigenvalue weighted by molar-refractivity contribution is 0.589. The molecule has 176 valence electrons. The highest BCUT2D eigenvalue weighted by Gasteiger charge is 2.22. The summed E-state index contributed by atoms with van der Waals surface area (Å²) in [6, 6.07) is 28.5. The van der Waals surface area contributed by atoms with Crippen LogP contribution in [0.25, 0.3) is 44.0 Å². The average molecular weight is 503 g/mol. The fourth-order valence-electron chi connectivity index (χ4n) is 4.67. The number of furan rings is 1. The van der Waals surface area contributed by atoms with Gasteiger partial charge in [-0.1, -0.05) is 60.7 Å². The monoisotopic (exact) mass is 502 g/mol. The molecule has 2 heterocycles. The van der Waals surface area contributed by atoms with Gasteiger partial charge < -0.3 is 10.2 Å². The van der Waals surface area contributed by atoms with Crippen LogP contribution in [0.3, 0.4) is 0 Å². The molecule has 5 nitrogen and oxygen atoms in total. The molecular weight excluding hydrogens is 480 g/mol. The topological polar surface area (TPSA) is 78.2 Å². The second kappa shape index (κ2) is 8.89. The fourth-order valence-corrected chi connectivity index (χ4v) is 6.08. The van der Waals surface area contributed by atoms with Crippen LogP contribution in [0.2, 0.25) is 0 Å². The van der Waals surface area contributed by atoms with Gasteiger partial charge in [-0.3, -0.25) is 0 Å². The highest BCUT2D eigenvalue weighted by Crippen LogP contribution is 2.37. The molecule has 0 aliphatic carbocycles. The Labute approximate surface area is 209 Å². The minimum atomic E-state index is -3.74. The fraction of sp³-hybridized carbons (Fsp3) is 0.0714. The summed E-state index contributed by atoms with van der Waals surface area (Å²) in [5, 5.41) is 3.00. The molecule has 2 aromatic heterocycles. The minimum absolute atomic E-state index is 0. The van der Waals surface area contributed by atoms with Crippen molar-refractivity contribution >= 4 is 55.3 Å². The maximum Gasteiger partial charge on any atom is 0.268 e. The van der Waals surface area contributed by atoms with Gasteiger partial charge in [0.2, 0.25) is 0 Å². The zero-order chi connectivity index (χ0) is 23.3. The Hall–Kier alpha value is -3.58. The average Bonchev–Trinajstić information content (AvgIpc) is 3.43. The van der Waals surface area contributed by atoms with Gasteiger partial charge in [-0.15, -0.1) is 12.4 Å². The molecule has 0 fully saturated rings. The Bertz CT molecular complexity index is 1790. The first kappa shape index (κ1) is 23.2. The van der Waals surface area contributed by atoms with E-state index in [0.717, 1.165) is 44.0 Å². The van der Waals surface area contributed by atoms with E-state index in [-0.39, 0.29) is 17.3 Å². The Morgan fingerprint density at radius 2 is 1.54 bits per heavy atom. The summed E-state index contributed by atoms with van der Waals surface area (Å²) in [6.07, 6.45) is 2.28. The second-order valence-electron chi connectivity index (χ2n) is 8.32. The van der Waals surface area contributed by atoms with Gasteiger partial charge in [-0.25, -0.2) is 12.4 Å². The summed E-state index contributed by atoms with van der Waals surface area (Å²) in [5.41, 5.74) is 11.0. The highest BCUT2D eigenvalue weighted by atomic mass is 35.5. The first-order chi connectivity index (χ1) is 16.6. The van der Waals surface area contributed by atoms with Crippen molar-refractivity contribution in [2.24, 2.45) is 5.73 Å². The predicted octanol–water partition coefficient (Wildman–Crippen LogP) is 6.37. The number of nitrogens with zero attached hydrogens (tertiary/aromatic N) is 1. The maximum absolute atomic E-state index is 13.4. The Morgan fingerprint density at radius 1 is 0.800 bits per heavy atom. The van der Waals surface area contributed by atoms with Gasteiger partial charge >= 0.3 is 0 Å². The van der Waals surface area contributed by atoms with Crippen molar-refractivity contribution in [1.29, 1.82) is 0 Å². The predicted molar refractivity (Wildman–Crippen MR) is 144 cm³/mol. The molecule has 0 aliphatic heterocycles. The Kier molecular flexibility index (Phi) is 5.89. The van der Waals surface area contributed by atoms with E-state index < -0.39 is 10.0 Å². The summed E-state index contributed by atoms with van der Waals surface area (Å²) >= 11 is 0. The van der Waals surface area contributed by atoms with Crippen LogP contribution in [-0.4, -0.2) is 18.9 Å². The van der Waals surface area contributed by atoms with E-state index in [2.05, 4.69) is 12.1 Å². The lowest BCUT2D eigenvalue weighted by Gasteiger charge is -2.08. The molecule has 0 saturated carbocycles. The standard InChI is InChI=1S/C28H22N2O3S.ClH/c29-16-15-20-18-30(34(31,32)21-7-2-1-3-8-21)26-14-13-19(17-25(20)26)22-10-6-11-24-23-9-4-5-12-27(23)33-28(22)24;/h1-14,17-18H,15-16,29H2;1H. The lowest BCUT2D eigenvalue weighted by atomic mass is 9.99. The zero-order valence-electron chi connectivity index (χ0n) is 18.7. The summed E-state index contributed by atoms with van der Waals surface area (Å²) in [6.45, 7) is 0.424. The van der Waals surface area contributed by atoms with Crippen LogP contribution in [0.15, 0.2) is 107 Å². The Morgan fingerprint density at radius 3 is 2.34 bits per heavy atom. The molecule has 7 heteroatoms. The molecule has 0 unspecified atom stereocenters. The van der Waals surface area contributed by atoms with Gasteiger partial charge in [0.05, 0.1) is 10.4 Å². The molecule has 0 bridgehead atoms. The molecular formula is C28H23ClN2O3S. The summed E-state index contributed by atoms with van der Waals surface area (Å²) in [5.74, 6) is 0. The molecule has 35 heavy (non-hydrogen) atoms. The third-order valence-electron chi connectivity index (χ3n) is 6.28. The van der Waals surface area contributed by atoms with E-state index in [0.29, 0.717) is 18.5 Å². The zero-order valence-corrected chi connectivity index (χ0v) is 20.4. The number of para-hydroxylation sites is 2. The third kappa shape index (κ3) is 3.71. The smallest absolute Gasteiger partial charge is 0.268 e. The minimum Gasteiger partial charge on any atom is -0.455 e. The van der Waals surface area contributed by atoms with Crippen LogP contribution in [0.5, 0.6) is 0 Å². The number of nitrogens with two attached hydrogens (primary N) is 1. The second-order valence-corrected chi connectivity index (χ2v) is 10.1. The quantitative estimate of drug-likeness (QED) is 0.297. The van der Waals surface area contributed by atoms with Crippen molar-refractivity contribution in [2.45, 2.75) is 11.3 Å². The number of aromatic nitrogens is 1. The molecule has 0 saturated heterocycles. The van der Waals surface area contributed by atoms with Gasteiger partial charge in [-0.2, -0.15) is 0 Å². The summed E-state index contributed by atoms with van der Waals surface area (Å²) in [7, 11) is -3.74. The molecule has 0 amide bonds. The number of hydrogen-bond acceptors (Lipinski definition) is 4. The number of fused-ring (bicyclic) bond motifs is 4. The van der Waals surface area contributed by atoms with E-state index in [1.165, 1.54) is 3.97 Å².